The van der Waals surface area contributed by atoms with Crippen LogP contribution < -0.4 is 4.72 Å². The van der Waals surface area contributed by atoms with Gasteiger partial charge in [-0.1, -0.05) is 23.7 Å². The lowest BCUT2D eigenvalue weighted by Gasteiger charge is -2.18. The summed E-state index contributed by atoms with van der Waals surface area (Å²) in [6.07, 6.45) is 1.39. The number of hydrogen-bond donors (Lipinski definition) is 1. The number of imide groups is 1. The number of amides is 2. The molecule has 10 heteroatoms. The highest BCUT2D eigenvalue weighted by atomic mass is 35.5. The van der Waals surface area contributed by atoms with E-state index in [0.29, 0.717) is 10.6 Å². The topological polar surface area (TPSA) is 96.4 Å². The average Bonchev–Trinajstić information content (AvgIpc) is 2.97. The van der Waals surface area contributed by atoms with Crippen LogP contribution in [0.4, 0.5) is 10.1 Å². The van der Waals surface area contributed by atoms with E-state index in [-0.39, 0.29) is 29.1 Å². The van der Waals surface area contributed by atoms with Gasteiger partial charge < -0.3 is 0 Å². The van der Waals surface area contributed by atoms with Crippen molar-refractivity contribution in [1.82, 2.24) is 9.88 Å². The summed E-state index contributed by atoms with van der Waals surface area (Å²) in [7, 11) is -4.26. The number of nitrogens with zero attached hydrogens (tertiary/aromatic N) is 2. The number of pyridine rings is 1. The van der Waals surface area contributed by atoms with Gasteiger partial charge in [0.15, 0.2) is 0 Å². The van der Waals surface area contributed by atoms with Gasteiger partial charge in [0.05, 0.1) is 22.7 Å². The van der Waals surface area contributed by atoms with E-state index < -0.39 is 32.6 Å². The zero-order valence-electron chi connectivity index (χ0n) is 16.1. The summed E-state index contributed by atoms with van der Waals surface area (Å²) in [6, 6.07) is 10.8. The molecule has 31 heavy (non-hydrogen) atoms. The van der Waals surface area contributed by atoms with E-state index in [1.807, 2.05) is 0 Å². The van der Waals surface area contributed by atoms with E-state index in [4.69, 9.17) is 11.6 Å². The molecule has 0 unspecified atom stereocenters. The fourth-order valence-corrected chi connectivity index (χ4v) is 4.80. The number of nitrogens with one attached hydrogen (secondary N) is 1. The van der Waals surface area contributed by atoms with Crippen molar-refractivity contribution in [3.63, 3.8) is 0 Å². The zero-order chi connectivity index (χ0) is 22.3. The Morgan fingerprint density at radius 3 is 2.61 bits per heavy atom. The minimum Gasteiger partial charge on any atom is -0.279 e. The van der Waals surface area contributed by atoms with Gasteiger partial charge in [-0.25, -0.2) is 12.8 Å². The summed E-state index contributed by atoms with van der Waals surface area (Å²) in [4.78, 5) is 29.6. The second-order valence-electron chi connectivity index (χ2n) is 6.87. The molecule has 0 atom stereocenters. The lowest BCUT2D eigenvalue weighted by Crippen LogP contribution is -2.30. The van der Waals surface area contributed by atoms with Crippen molar-refractivity contribution in [2.45, 2.75) is 18.4 Å². The molecule has 2 amide bonds. The van der Waals surface area contributed by atoms with Gasteiger partial charge in [0.2, 0.25) is 0 Å². The van der Waals surface area contributed by atoms with Crippen LogP contribution in [-0.4, -0.2) is 30.1 Å². The van der Waals surface area contributed by atoms with E-state index >= 15 is 0 Å². The molecule has 4 rings (SSSR count). The SMILES string of the molecule is Cc1c(Cl)cccc1NS(=O)(=O)c1cc(F)ccc1CN1C(=O)c2cccnc2C1=O. The average molecular weight is 460 g/mol. The molecule has 1 aromatic heterocycles. The second-order valence-corrected chi connectivity index (χ2v) is 8.92. The van der Waals surface area contributed by atoms with Gasteiger partial charge >= 0.3 is 0 Å². The number of carbonyl (C=O) groups excluding carboxylic acids is 2. The summed E-state index contributed by atoms with van der Waals surface area (Å²) < 4.78 is 42.5. The maximum absolute atomic E-state index is 14.0. The van der Waals surface area contributed by atoms with E-state index in [1.54, 1.807) is 19.1 Å². The van der Waals surface area contributed by atoms with Crippen LogP contribution >= 0.6 is 11.6 Å². The van der Waals surface area contributed by atoms with Gasteiger partial charge in [0, 0.05) is 11.2 Å². The highest BCUT2D eigenvalue weighted by Crippen LogP contribution is 2.29. The maximum atomic E-state index is 14.0. The molecule has 1 aliphatic heterocycles. The first-order valence-corrected chi connectivity index (χ1v) is 10.9. The first-order chi connectivity index (χ1) is 14.7. The molecule has 1 aliphatic rings. The van der Waals surface area contributed by atoms with Crippen molar-refractivity contribution < 1.29 is 22.4 Å². The van der Waals surface area contributed by atoms with Crippen LogP contribution in [0.2, 0.25) is 5.02 Å². The molecule has 1 N–H and O–H groups in total. The fraction of sp³-hybridized carbons (Fsp3) is 0.0952. The Hall–Kier alpha value is -3.30. The van der Waals surface area contributed by atoms with Crippen LogP contribution in [0.1, 0.15) is 32.0 Å². The molecule has 3 aromatic rings. The fourth-order valence-electron chi connectivity index (χ4n) is 3.25. The van der Waals surface area contributed by atoms with Gasteiger partial charge in [0.25, 0.3) is 21.8 Å². The first-order valence-electron chi connectivity index (χ1n) is 9.06. The summed E-state index contributed by atoms with van der Waals surface area (Å²) in [5.74, 6) is -2.03. The number of sulfonamides is 1. The lowest BCUT2D eigenvalue weighted by atomic mass is 10.2. The molecule has 158 valence electrons. The van der Waals surface area contributed by atoms with E-state index in [9.17, 15) is 22.4 Å². The molecule has 7 nitrogen and oxygen atoms in total. The van der Waals surface area contributed by atoms with Crippen molar-refractivity contribution in [2.75, 3.05) is 4.72 Å². The number of anilines is 1. The Morgan fingerprint density at radius 1 is 1.10 bits per heavy atom. The van der Waals surface area contributed by atoms with Gasteiger partial charge in [-0.05, 0) is 54.4 Å². The summed E-state index contributed by atoms with van der Waals surface area (Å²) in [6.45, 7) is 1.28. The Kier molecular flexibility index (Phi) is 5.24. The third-order valence-corrected chi connectivity index (χ3v) is 6.75. The highest BCUT2D eigenvalue weighted by Gasteiger charge is 2.37. The van der Waals surface area contributed by atoms with Crippen LogP contribution in [0.5, 0.6) is 0 Å². The van der Waals surface area contributed by atoms with Gasteiger partial charge in [-0.15, -0.1) is 0 Å². The Morgan fingerprint density at radius 2 is 1.87 bits per heavy atom. The van der Waals surface area contributed by atoms with Gasteiger partial charge in [0.1, 0.15) is 11.5 Å². The molecular weight excluding hydrogens is 445 g/mol. The molecule has 0 radical (unpaired) electrons. The van der Waals surface area contributed by atoms with Crippen LogP contribution in [0.25, 0.3) is 0 Å². The number of fused-ring (bicyclic) bond motifs is 1. The van der Waals surface area contributed by atoms with Crippen LogP contribution in [0, 0.1) is 12.7 Å². The number of halogens is 2. The molecule has 0 bridgehead atoms. The van der Waals surface area contributed by atoms with Gasteiger partial charge in [-0.2, -0.15) is 0 Å². The second kappa shape index (κ2) is 7.75. The Labute approximate surface area is 182 Å². The summed E-state index contributed by atoms with van der Waals surface area (Å²) in [5, 5.41) is 0.359. The van der Waals surface area contributed by atoms with Crippen LogP contribution in [-0.2, 0) is 16.6 Å². The molecule has 0 fully saturated rings. The van der Waals surface area contributed by atoms with E-state index in [0.717, 1.165) is 17.0 Å². The number of hydrogen-bond acceptors (Lipinski definition) is 5. The van der Waals surface area contributed by atoms with Crippen molar-refractivity contribution in [3.05, 3.63) is 88.0 Å². The molecule has 0 saturated heterocycles. The quantitative estimate of drug-likeness (QED) is 0.586. The molecule has 0 saturated carbocycles. The predicted molar refractivity (Wildman–Crippen MR) is 112 cm³/mol. The number of aromatic nitrogens is 1. The van der Waals surface area contributed by atoms with Crippen molar-refractivity contribution in [3.8, 4) is 0 Å². The molecule has 2 aromatic carbocycles. The normalized spacial score (nSPS) is 13.5. The first kappa shape index (κ1) is 21.0. The monoisotopic (exact) mass is 459 g/mol. The minimum absolute atomic E-state index is 0.00769. The largest absolute Gasteiger partial charge is 0.280 e. The van der Waals surface area contributed by atoms with Crippen molar-refractivity contribution in [1.29, 1.82) is 0 Å². The minimum atomic E-state index is -4.26. The van der Waals surface area contributed by atoms with E-state index in [1.165, 1.54) is 30.5 Å². The maximum Gasteiger partial charge on any atom is 0.280 e. The standard InChI is InChI=1S/C21H15ClFN3O4S/c1-12-16(22)5-2-6-17(12)25-31(29,30)18-10-14(23)8-7-13(18)11-26-20(27)15-4-3-9-24-19(15)21(26)28/h2-10,25H,11H2,1H3. The highest BCUT2D eigenvalue weighted by molar-refractivity contribution is 7.92. The predicted octanol–water partition coefficient (Wildman–Crippen LogP) is 3.78. The summed E-state index contributed by atoms with van der Waals surface area (Å²) >= 11 is 6.05. The molecular formula is C21H15ClFN3O4S. The molecule has 0 aliphatic carbocycles. The van der Waals surface area contributed by atoms with Crippen molar-refractivity contribution >= 4 is 39.1 Å². The van der Waals surface area contributed by atoms with Gasteiger partial charge in [-0.3, -0.25) is 24.2 Å². The van der Waals surface area contributed by atoms with E-state index in [2.05, 4.69) is 9.71 Å². The van der Waals surface area contributed by atoms with Crippen LogP contribution in [0.3, 0.4) is 0 Å². The molecule has 2 heterocycles. The van der Waals surface area contributed by atoms with Crippen molar-refractivity contribution in [2.24, 2.45) is 0 Å². The third kappa shape index (κ3) is 3.77. The number of carbonyl (C=O) groups is 2. The smallest absolute Gasteiger partial charge is 0.279 e. The zero-order valence-corrected chi connectivity index (χ0v) is 17.7. The Bertz CT molecular complexity index is 1310. The lowest BCUT2D eigenvalue weighted by molar-refractivity contribution is 0.0639. The summed E-state index contributed by atoms with van der Waals surface area (Å²) in [5.41, 5.74) is 0.922. The number of benzene rings is 2. The Balaban J connectivity index is 1.71. The number of rotatable bonds is 5. The third-order valence-electron chi connectivity index (χ3n) is 4.89. The molecule has 0 spiro atoms. The van der Waals surface area contributed by atoms with Crippen LogP contribution in [0.15, 0.2) is 59.6 Å².